The largest absolute Gasteiger partial charge is 0.504 e. The molecule has 4 heteroatoms. The van der Waals surface area contributed by atoms with Gasteiger partial charge in [0.05, 0.1) is 7.11 Å². The van der Waals surface area contributed by atoms with Gasteiger partial charge in [-0.25, -0.2) is 0 Å². The molecule has 21 heavy (non-hydrogen) atoms. The third-order valence-corrected chi connectivity index (χ3v) is 4.43. The summed E-state index contributed by atoms with van der Waals surface area (Å²) in [6.45, 7) is 6.11. The summed E-state index contributed by atoms with van der Waals surface area (Å²) >= 11 is 0. The molecule has 0 saturated carbocycles. The molecule has 1 saturated heterocycles. The molecule has 1 aliphatic rings. The Labute approximate surface area is 126 Å². The van der Waals surface area contributed by atoms with Gasteiger partial charge in [-0.3, -0.25) is 4.79 Å². The van der Waals surface area contributed by atoms with Gasteiger partial charge in [0.25, 0.3) is 5.91 Å². The highest BCUT2D eigenvalue weighted by Crippen LogP contribution is 2.28. The van der Waals surface area contributed by atoms with Crippen LogP contribution in [0.1, 0.15) is 43.5 Å². The molecular formula is C17H25NO3. The van der Waals surface area contributed by atoms with Gasteiger partial charge in [0.1, 0.15) is 0 Å². The standard InChI is InChI=1S/C17H25NO3/c1-12(2)13-5-4-9-18(10-8-13)17(20)14-6-7-16(21-3)15(19)11-14/h6-7,11-13,19H,4-5,8-10H2,1-3H3. The van der Waals surface area contributed by atoms with E-state index >= 15 is 0 Å². The van der Waals surface area contributed by atoms with Crippen molar-refractivity contribution in [1.82, 2.24) is 4.90 Å². The van der Waals surface area contributed by atoms with E-state index in [1.165, 1.54) is 19.6 Å². The zero-order valence-electron chi connectivity index (χ0n) is 13.1. The predicted molar refractivity (Wildman–Crippen MR) is 82.7 cm³/mol. The molecule has 1 fully saturated rings. The molecule has 116 valence electrons. The van der Waals surface area contributed by atoms with E-state index in [9.17, 15) is 9.90 Å². The summed E-state index contributed by atoms with van der Waals surface area (Å²) in [4.78, 5) is 14.5. The molecule has 1 N–H and O–H groups in total. The van der Waals surface area contributed by atoms with Crippen LogP contribution in [0.5, 0.6) is 11.5 Å². The minimum atomic E-state index is -0.00245. The van der Waals surface area contributed by atoms with Crippen LogP contribution >= 0.6 is 0 Å². The van der Waals surface area contributed by atoms with E-state index in [1.54, 1.807) is 12.1 Å². The summed E-state index contributed by atoms with van der Waals surface area (Å²) in [6, 6.07) is 4.84. The molecule has 0 aliphatic carbocycles. The number of rotatable bonds is 3. The molecule has 1 aromatic rings. The average Bonchev–Trinajstić information content (AvgIpc) is 2.72. The Morgan fingerprint density at radius 3 is 2.71 bits per heavy atom. The molecule has 0 spiro atoms. The second kappa shape index (κ2) is 6.83. The van der Waals surface area contributed by atoms with Crippen LogP contribution in [0.4, 0.5) is 0 Å². The van der Waals surface area contributed by atoms with Crippen LogP contribution in [0.3, 0.4) is 0 Å². The van der Waals surface area contributed by atoms with Crippen LogP contribution in [0.2, 0.25) is 0 Å². The highest BCUT2D eigenvalue weighted by atomic mass is 16.5. The second-order valence-corrected chi connectivity index (χ2v) is 6.11. The maximum atomic E-state index is 12.6. The molecular weight excluding hydrogens is 266 g/mol. The Morgan fingerprint density at radius 1 is 1.33 bits per heavy atom. The van der Waals surface area contributed by atoms with Gasteiger partial charge in [0.15, 0.2) is 11.5 Å². The van der Waals surface area contributed by atoms with Crippen LogP contribution in [-0.4, -0.2) is 36.1 Å². The van der Waals surface area contributed by atoms with Gasteiger partial charge < -0.3 is 14.7 Å². The lowest BCUT2D eigenvalue weighted by Crippen LogP contribution is -2.32. The lowest BCUT2D eigenvalue weighted by Gasteiger charge is -2.22. The number of amides is 1. The van der Waals surface area contributed by atoms with Gasteiger partial charge in [0, 0.05) is 18.7 Å². The van der Waals surface area contributed by atoms with E-state index in [4.69, 9.17) is 4.74 Å². The molecule has 1 heterocycles. The summed E-state index contributed by atoms with van der Waals surface area (Å²) in [5.74, 6) is 1.77. The number of methoxy groups -OCH3 is 1. The number of hydrogen-bond donors (Lipinski definition) is 1. The summed E-state index contributed by atoms with van der Waals surface area (Å²) in [5, 5.41) is 9.81. The quantitative estimate of drug-likeness (QED) is 0.929. The number of benzene rings is 1. The summed E-state index contributed by atoms with van der Waals surface area (Å²) in [6.07, 6.45) is 3.30. The number of nitrogens with zero attached hydrogens (tertiary/aromatic N) is 1. The number of hydrogen-bond acceptors (Lipinski definition) is 3. The normalized spacial score (nSPS) is 19.4. The number of carbonyl (C=O) groups is 1. The zero-order valence-corrected chi connectivity index (χ0v) is 13.1. The number of ether oxygens (including phenoxy) is 1. The van der Waals surface area contributed by atoms with Crippen LogP contribution in [0.25, 0.3) is 0 Å². The molecule has 1 atom stereocenters. The van der Waals surface area contributed by atoms with Gasteiger partial charge in [-0.1, -0.05) is 13.8 Å². The van der Waals surface area contributed by atoms with Crippen molar-refractivity contribution in [3.05, 3.63) is 23.8 Å². The average molecular weight is 291 g/mol. The van der Waals surface area contributed by atoms with Crippen LogP contribution in [0, 0.1) is 11.8 Å². The van der Waals surface area contributed by atoms with Crippen molar-refractivity contribution < 1.29 is 14.6 Å². The first-order chi connectivity index (χ1) is 10.0. The van der Waals surface area contributed by atoms with Gasteiger partial charge in [-0.15, -0.1) is 0 Å². The highest BCUT2D eigenvalue weighted by Gasteiger charge is 2.23. The van der Waals surface area contributed by atoms with Crippen molar-refractivity contribution in [2.24, 2.45) is 11.8 Å². The van der Waals surface area contributed by atoms with Crippen molar-refractivity contribution in [3.63, 3.8) is 0 Å². The Hall–Kier alpha value is -1.71. The van der Waals surface area contributed by atoms with Crippen molar-refractivity contribution in [1.29, 1.82) is 0 Å². The van der Waals surface area contributed by atoms with E-state index in [1.807, 2.05) is 4.90 Å². The second-order valence-electron chi connectivity index (χ2n) is 6.11. The smallest absolute Gasteiger partial charge is 0.253 e. The molecule has 0 radical (unpaired) electrons. The fourth-order valence-electron chi connectivity index (χ4n) is 3.00. The number of carbonyl (C=O) groups excluding carboxylic acids is 1. The predicted octanol–water partition coefficient (Wildman–Crippen LogP) is 3.30. The molecule has 0 bridgehead atoms. The fourth-order valence-corrected chi connectivity index (χ4v) is 3.00. The van der Waals surface area contributed by atoms with Crippen molar-refractivity contribution in [2.75, 3.05) is 20.2 Å². The van der Waals surface area contributed by atoms with Crippen molar-refractivity contribution >= 4 is 5.91 Å². The van der Waals surface area contributed by atoms with Gasteiger partial charge in [-0.05, 0) is 49.3 Å². The third-order valence-electron chi connectivity index (χ3n) is 4.43. The molecule has 4 nitrogen and oxygen atoms in total. The van der Waals surface area contributed by atoms with Gasteiger partial charge in [0.2, 0.25) is 0 Å². The SMILES string of the molecule is COc1ccc(C(=O)N2CCCC(C(C)C)CC2)cc1O. The maximum absolute atomic E-state index is 12.6. The molecule has 0 aromatic heterocycles. The Morgan fingerprint density at radius 2 is 2.10 bits per heavy atom. The minimum absolute atomic E-state index is 0.00245. The highest BCUT2D eigenvalue weighted by molar-refractivity contribution is 5.94. The van der Waals surface area contributed by atoms with E-state index in [0.717, 1.165) is 25.9 Å². The summed E-state index contributed by atoms with van der Waals surface area (Å²) < 4.78 is 5.01. The molecule has 1 unspecified atom stereocenters. The number of phenols is 1. The topological polar surface area (TPSA) is 49.8 Å². The Bertz CT molecular complexity index is 499. The maximum Gasteiger partial charge on any atom is 0.253 e. The first kappa shape index (κ1) is 15.7. The number of phenolic OH excluding ortho intramolecular Hbond substituents is 1. The van der Waals surface area contributed by atoms with Crippen LogP contribution < -0.4 is 4.74 Å². The Kier molecular flexibility index (Phi) is 5.10. The monoisotopic (exact) mass is 291 g/mol. The molecule has 1 amide bonds. The first-order valence-electron chi connectivity index (χ1n) is 7.69. The first-order valence-corrected chi connectivity index (χ1v) is 7.69. The Balaban J connectivity index is 2.07. The lowest BCUT2D eigenvalue weighted by atomic mass is 9.89. The summed E-state index contributed by atoms with van der Waals surface area (Å²) in [5.41, 5.74) is 0.524. The van der Waals surface area contributed by atoms with E-state index in [0.29, 0.717) is 23.1 Å². The van der Waals surface area contributed by atoms with Crippen molar-refractivity contribution in [2.45, 2.75) is 33.1 Å². The molecule has 2 rings (SSSR count). The minimum Gasteiger partial charge on any atom is -0.504 e. The molecule has 1 aliphatic heterocycles. The van der Waals surface area contributed by atoms with Crippen molar-refractivity contribution in [3.8, 4) is 11.5 Å². The van der Waals surface area contributed by atoms with E-state index in [2.05, 4.69) is 13.8 Å². The number of aromatic hydroxyl groups is 1. The zero-order chi connectivity index (χ0) is 15.4. The van der Waals surface area contributed by atoms with E-state index in [-0.39, 0.29) is 11.7 Å². The van der Waals surface area contributed by atoms with Crippen LogP contribution in [-0.2, 0) is 0 Å². The van der Waals surface area contributed by atoms with Crippen LogP contribution in [0.15, 0.2) is 18.2 Å². The van der Waals surface area contributed by atoms with Gasteiger partial charge >= 0.3 is 0 Å². The van der Waals surface area contributed by atoms with Gasteiger partial charge in [-0.2, -0.15) is 0 Å². The third kappa shape index (κ3) is 3.69. The van der Waals surface area contributed by atoms with E-state index < -0.39 is 0 Å². The number of likely N-dealkylation sites (tertiary alicyclic amines) is 1. The fraction of sp³-hybridized carbons (Fsp3) is 0.588. The lowest BCUT2D eigenvalue weighted by molar-refractivity contribution is 0.0758. The summed E-state index contributed by atoms with van der Waals surface area (Å²) in [7, 11) is 1.50. The molecule has 1 aromatic carbocycles.